The molecule has 8 N–H and O–H groups in total. The topological polar surface area (TPSA) is 301 Å². The molecule has 676 valence electrons. The molecule has 0 spiro atoms. The predicted octanol–water partition coefficient (Wildman–Crippen LogP) is 20.9. The van der Waals surface area contributed by atoms with Crippen LogP contribution in [-0.2, 0) is 33.3 Å². The summed E-state index contributed by atoms with van der Waals surface area (Å²) in [6.45, 7) is 36.4. The van der Waals surface area contributed by atoms with Gasteiger partial charge < -0.3 is 48.6 Å². The van der Waals surface area contributed by atoms with Crippen LogP contribution in [-0.4, -0.2) is 127 Å². The Morgan fingerprint density at radius 1 is 0.424 bits per heavy atom. The maximum Gasteiger partial charge on any atom is 0.425 e. The highest BCUT2D eigenvalue weighted by Crippen LogP contribution is 2.70. The van der Waals surface area contributed by atoms with E-state index in [1.165, 1.54) is 96.2 Å². The highest BCUT2D eigenvalue weighted by atomic mass is 16.6. The molecule has 3 aromatic heterocycles. The number of aliphatic hydroxyl groups is 1. The minimum Gasteiger partial charge on any atom is -0.480 e. The third kappa shape index (κ3) is 17.0. The molecule has 12 unspecified atom stereocenters. The number of imidazole rings is 3. The number of hydrogen-bond donors (Lipinski definition) is 5. The van der Waals surface area contributed by atoms with Crippen molar-refractivity contribution < 1.29 is 53.1 Å². The Balaban J connectivity index is 0.000000135. The van der Waals surface area contributed by atoms with Gasteiger partial charge in [-0.15, -0.1) is 0 Å². The van der Waals surface area contributed by atoms with Crippen LogP contribution in [0.3, 0.4) is 0 Å². The van der Waals surface area contributed by atoms with Crippen molar-refractivity contribution in [3.05, 3.63) is 145 Å². The van der Waals surface area contributed by atoms with Crippen LogP contribution in [0.25, 0.3) is 50.2 Å². The van der Waals surface area contributed by atoms with Gasteiger partial charge in [-0.3, -0.25) is 4.79 Å². The molecule has 6 saturated carbocycles. The van der Waals surface area contributed by atoms with Crippen LogP contribution in [0.5, 0.6) is 0 Å². The smallest absolute Gasteiger partial charge is 0.425 e. The minimum absolute atomic E-state index is 0.0266. The van der Waals surface area contributed by atoms with Crippen LogP contribution < -0.4 is 17.4 Å². The maximum atomic E-state index is 13.4. The molecule has 12 aliphatic rings. The molecule has 12 aliphatic carbocycles. The number of carbonyl (C=O) groups excluding carboxylic acids is 4. The van der Waals surface area contributed by atoms with Gasteiger partial charge in [0.15, 0.2) is 12.1 Å². The summed E-state index contributed by atoms with van der Waals surface area (Å²) in [4.78, 5) is 75.1. The van der Waals surface area contributed by atoms with Gasteiger partial charge >= 0.3 is 30.1 Å². The van der Waals surface area contributed by atoms with E-state index in [-0.39, 0.29) is 69.1 Å². The van der Waals surface area contributed by atoms with Gasteiger partial charge in [-0.2, -0.15) is 0 Å². The standard InChI is InChI=1S/C36H50N4O4.C31H41N3O2.C26H32N2O.C10H20N2O4/c1-22(2)31(40(37)33(42)44-34(3,4)5)32(41)43-24-16-18-35(6)23(20-24)12-13-25-26-14-15-30(36(26,7)19-17-27(25)35)39-21-38-28-10-8-9-11-29(28)39;1-19(2)28(32)29(35)36-21-13-15-30(3)20(17-21)9-10-22-23-11-12-27(31(23,4)16-14-24(22)30)34-18-33-25-7-5-6-8-26(25)34;1-25-13-11-18(29)15-17(25)7-8-19-20-9-10-24(26(20,2)14-12-21(19)25)28-16-27-22-5-3-4-6-23(22)28;1-6(2)7(8(13)14)12(11)9(15)16-10(3,4)5/h8-12,15,21-22,24-27,31H,13-14,16-20,37H2,1-7H3;5-9,12,18-19,21-24,28H,10-11,13-17,32H2,1-4H3;3-7,10,16,18-21,29H,8-9,11-15H2,1-2H3;6-7H,11H2,1-5H3,(H,13,14)/t24-,25?,26?,27?,31?,35-,36-;21-,22?,23?,24?,28?,30-,31-;18-,19?,20?,21?,25-,26-;/m000./s1. The first-order valence-corrected chi connectivity index (χ1v) is 47.1. The van der Waals surface area contributed by atoms with E-state index in [0.717, 1.165) is 123 Å². The predicted molar refractivity (Wildman–Crippen MR) is 491 cm³/mol. The lowest BCUT2D eigenvalue weighted by atomic mass is 9.47. The number of nitrogens with two attached hydrogens (primary N) is 3. The van der Waals surface area contributed by atoms with Crippen LogP contribution in [0.15, 0.2) is 145 Å². The molecule has 2 amide bonds. The maximum absolute atomic E-state index is 13.4. The van der Waals surface area contributed by atoms with Crippen molar-refractivity contribution in [2.24, 2.45) is 121 Å². The molecule has 3 aromatic carbocycles. The summed E-state index contributed by atoms with van der Waals surface area (Å²) in [5.74, 6) is 15.5. The zero-order valence-electron chi connectivity index (χ0n) is 77.7. The van der Waals surface area contributed by atoms with Crippen molar-refractivity contribution in [3.63, 3.8) is 0 Å². The SMILES string of the molecule is CC(C)C(C(=O)O)N(N)C(=O)OC(C)(C)C.CC(C)C(C(=O)O[C@H]1CC[C@@]2(C)C(=CCC3C2CC[C@]2(C)C(n4cnc5ccccc54)=CCC32)C1)N(N)C(=O)OC(C)(C)C.CC(C)C(N)C(=O)O[C@H]1CC[C@@]2(C)C(=CCC3C2CC[C@]2(C)C(n4cnc5ccccc54)=CCC32)C1.C[C@]12CC[C@H](O)CC1=CCC1C2CC[C@]2(C)C(n3cnc4ccccc43)=CCC12. The number of hydrazine groups is 2. The van der Waals surface area contributed by atoms with E-state index in [1.54, 1.807) is 61.0 Å². The molecular weight excluding hydrogens is 1570 g/mol. The van der Waals surface area contributed by atoms with E-state index in [2.05, 4.69) is 169 Å². The largest absolute Gasteiger partial charge is 0.480 e. The van der Waals surface area contributed by atoms with E-state index < -0.39 is 53.5 Å². The van der Waals surface area contributed by atoms with Crippen LogP contribution in [0.4, 0.5) is 9.59 Å². The first-order chi connectivity index (χ1) is 59.0. The molecule has 3 heterocycles. The van der Waals surface area contributed by atoms with Gasteiger partial charge in [-0.1, -0.05) is 173 Å². The molecule has 22 heteroatoms. The van der Waals surface area contributed by atoms with Crippen LogP contribution in [0.2, 0.25) is 0 Å². The highest BCUT2D eigenvalue weighted by molar-refractivity contribution is 5.84. The van der Waals surface area contributed by atoms with Crippen LogP contribution >= 0.6 is 0 Å². The molecule has 18 rings (SSSR count). The second kappa shape index (κ2) is 34.7. The van der Waals surface area contributed by atoms with E-state index >= 15 is 0 Å². The number of ether oxygens (including phenoxy) is 4. The third-order valence-electron chi connectivity index (χ3n) is 33.1. The summed E-state index contributed by atoms with van der Waals surface area (Å²) in [6.07, 6.45) is 42.1. The summed E-state index contributed by atoms with van der Waals surface area (Å²) in [6, 6.07) is 22.9. The number of nitrogens with zero attached hydrogens (tertiary/aromatic N) is 8. The first kappa shape index (κ1) is 91.1. The summed E-state index contributed by atoms with van der Waals surface area (Å²) in [7, 11) is 0. The molecule has 22 nitrogen and oxygen atoms in total. The van der Waals surface area contributed by atoms with Crippen molar-refractivity contribution in [3.8, 4) is 0 Å². The molecule has 125 heavy (non-hydrogen) atoms. The Morgan fingerprint density at radius 3 is 1.08 bits per heavy atom. The molecule has 6 aromatic rings. The number of carbonyl (C=O) groups is 5. The zero-order chi connectivity index (χ0) is 89.7. The number of aliphatic hydroxyl groups excluding tert-OH is 1. The fraction of sp³-hybridized carbons (Fsp3) is 0.631. The number of fused-ring (bicyclic) bond motifs is 18. The number of carboxylic acid groups (broad SMARTS) is 1. The second-order valence-corrected chi connectivity index (χ2v) is 43.7. The van der Waals surface area contributed by atoms with E-state index in [9.17, 15) is 29.1 Å². The Bertz CT molecular complexity index is 5240. The lowest BCUT2D eigenvalue weighted by Crippen LogP contribution is -2.55. The van der Waals surface area contributed by atoms with Crippen LogP contribution in [0, 0.1) is 104 Å². The minimum atomic E-state index is -1.15. The Labute approximate surface area is 741 Å². The lowest BCUT2D eigenvalue weighted by Gasteiger charge is -2.57. The molecule has 6 fully saturated rings. The number of carboxylic acids is 1. The molecule has 0 saturated heterocycles. The van der Waals surface area contributed by atoms with Crippen molar-refractivity contribution >= 4 is 80.3 Å². The van der Waals surface area contributed by atoms with Crippen molar-refractivity contribution in [2.45, 2.75) is 307 Å². The van der Waals surface area contributed by atoms with Gasteiger partial charge in [0.05, 0.1) is 39.2 Å². The van der Waals surface area contributed by atoms with E-state index in [4.69, 9.17) is 51.4 Å². The molecule has 0 aliphatic heterocycles. The zero-order valence-corrected chi connectivity index (χ0v) is 77.7. The Kier molecular flexibility index (Phi) is 25.3. The van der Waals surface area contributed by atoms with Gasteiger partial charge in [-0.25, -0.2) is 55.8 Å². The van der Waals surface area contributed by atoms with E-state index in [0.29, 0.717) is 45.9 Å². The number of aromatic nitrogens is 6. The Hall–Kier alpha value is -8.70. The van der Waals surface area contributed by atoms with Gasteiger partial charge in [-0.05, 0) is 287 Å². The number of hydrogen-bond acceptors (Lipinski definition) is 16. The second-order valence-electron chi connectivity index (χ2n) is 43.7. The van der Waals surface area contributed by atoms with Gasteiger partial charge in [0.25, 0.3) is 0 Å². The first-order valence-electron chi connectivity index (χ1n) is 47.1. The summed E-state index contributed by atoms with van der Waals surface area (Å²) in [5, 5.41) is 20.7. The normalized spacial score (nSPS) is 33.2. The molecular formula is C103H143N11O11. The number of amides is 2. The van der Waals surface area contributed by atoms with Gasteiger partial charge in [0, 0.05) is 46.2 Å². The summed E-state index contributed by atoms with van der Waals surface area (Å²) in [5.41, 5.74) is 21.6. The number of para-hydroxylation sites is 6. The van der Waals surface area contributed by atoms with Crippen LogP contribution in [0.1, 0.15) is 259 Å². The van der Waals surface area contributed by atoms with Gasteiger partial charge in [0.2, 0.25) is 0 Å². The quantitative estimate of drug-likeness (QED) is 0.0179. The van der Waals surface area contributed by atoms with Gasteiger partial charge in [0.1, 0.15) is 48.4 Å². The lowest BCUT2D eigenvalue weighted by molar-refractivity contribution is -0.159. The number of benzene rings is 3. The third-order valence-corrected chi connectivity index (χ3v) is 33.1. The molecule has 0 bridgehead atoms. The number of allylic oxidation sites excluding steroid dienone is 9. The fourth-order valence-corrected chi connectivity index (χ4v) is 26.3. The van der Waals surface area contributed by atoms with Crippen molar-refractivity contribution in [1.82, 2.24) is 38.7 Å². The molecule has 21 atom stereocenters. The van der Waals surface area contributed by atoms with Crippen molar-refractivity contribution in [2.75, 3.05) is 0 Å². The highest BCUT2D eigenvalue weighted by Gasteiger charge is 2.62. The average Bonchev–Trinajstić information content (AvgIpc) is 1.65. The Morgan fingerprint density at radius 2 is 0.744 bits per heavy atom. The van der Waals surface area contributed by atoms with E-state index in [1.807, 2.05) is 46.7 Å². The number of aliphatic carboxylic acids is 1. The number of rotatable bonds is 13. The fourth-order valence-electron chi connectivity index (χ4n) is 26.3. The molecule has 0 radical (unpaired) electrons. The van der Waals surface area contributed by atoms with Crippen molar-refractivity contribution in [1.29, 1.82) is 0 Å². The monoisotopic (exact) mass is 1710 g/mol. The number of esters is 2. The average molecular weight is 1710 g/mol. The summed E-state index contributed by atoms with van der Waals surface area (Å²) >= 11 is 0. The summed E-state index contributed by atoms with van der Waals surface area (Å²) < 4.78 is 29.5.